The fourth-order valence-corrected chi connectivity index (χ4v) is 5.64. The Balaban J connectivity index is 1.66. The summed E-state index contributed by atoms with van der Waals surface area (Å²) < 4.78 is 48.3. The molecule has 2 aromatic heterocycles. The van der Waals surface area contributed by atoms with Crippen molar-refractivity contribution in [3.05, 3.63) is 63.2 Å². The fraction of sp³-hybridized carbons (Fsp3) is 0.481. The highest BCUT2D eigenvalue weighted by atomic mass is 19.4. The van der Waals surface area contributed by atoms with Crippen LogP contribution in [0.4, 0.5) is 13.2 Å². The lowest BCUT2D eigenvalue weighted by molar-refractivity contribution is -0.192. The van der Waals surface area contributed by atoms with Gasteiger partial charge in [0.05, 0.1) is 24.8 Å². The Labute approximate surface area is 213 Å². The average molecular weight is 519 g/mol. The molecule has 37 heavy (non-hydrogen) atoms. The van der Waals surface area contributed by atoms with Crippen molar-refractivity contribution in [1.29, 1.82) is 0 Å². The molecule has 1 aromatic carbocycles. The SMILES string of the molecule is COc1cc(C)[nH]c(=O)c1CNC(=O)c1c(C)n([C@H](C)[C@H]2CCN(C)[C@@H](C(F)(F)F)C2)c2ccccc12. The van der Waals surface area contributed by atoms with E-state index in [4.69, 9.17) is 4.74 Å². The number of methoxy groups -OCH3 is 1. The monoisotopic (exact) mass is 518 g/mol. The smallest absolute Gasteiger partial charge is 0.404 e. The first-order valence-electron chi connectivity index (χ1n) is 12.4. The highest BCUT2D eigenvalue weighted by molar-refractivity contribution is 6.08. The molecule has 3 atom stereocenters. The predicted octanol–water partition coefficient (Wildman–Crippen LogP) is 4.72. The van der Waals surface area contributed by atoms with Crippen LogP contribution < -0.4 is 15.6 Å². The van der Waals surface area contributed by atoms with Gasteiger partial charge in [-0.05, 0) is 65.3 Å². The van der Waals surface area contributed by atoms with Gasteiger partial charge in [0.1, 0.15) is 11.8 Å². The van der Waals surface area contributed by atoms with Crippen molar-refractivity contribution in [2.24, 2.45) is 5.92 Å². The minimum Gasteiger partial charge on any atom is -0.496 e. The van der Waals surface area contributed by atoms with E-state index < -0.39 is 12.2 Å². The standard InChI is InChI=1S/C27H33F3N4O3/c1-15-12-22(37-5)20(25(35)32-15)14-31-26(36)24-17(3)34(21-9-7-6-8-19(21)24)16(2)18-10-11-33(4)23(13-18)27(28,29)30/h6-9,12,16,18,23H,10-11,13-14H2,1-5H3,(H,31,36)(H,32,35)/t16-,18+,23-/m1/s1. The van der Waals surface area contributed by atoms with Gasteiger partial charge in [0.2, 0.25) is 0 Å². The third-order valence-electron chi connectivity index (χ3n) is 7.64. The Morgan fingerprint density at radius 3 is 2.65 bits per heavy atom. The van der Waals surface area contributed by atoms with Crippen molar-refractivity contribution >= 4 is 16.8 Å². The number of aromatic nitrogens is 2. The normalized spacial score (nSPS) is 19.7. The van der Waals surface area contributed by atoms with Crippen LogP contribution in [0.5, 0.6) is 5.75 Å². The second-order valence-corrected chi connectivity index (χ2v) is 9.92. The number of hydrogen-bond acceptors (Lipinski definition) is 4. The van der Waals surface area contributed by atoms with Crippen LogP contribution in [-0.4, -0.2) is 53.3 Å². The number of ether oxygens (including phenoxy) is 1. The van der Waals surface area contributed by atoms with E-state index in [9.17, 15) is 22.8 Å². The molecule has 3 aromatic rings. The molecule has 1 aliphatic heterocycles. The summed E-state index contributed by atoms with van der Waals surface area (Å²) in [5.74, 6) is -0.183. The lowest BCUT2D eigenvalue weighted by Gasteiger charge is -2.40. The summed E-state index contributed by atoms with van der Waals surface area (Å²) in [5.41, 5.74) is 2.54. The summed E-state index contributed by atoms with van der Waals surface area (Å²) in [6.07, 6.45) is -3.65. The Kier molecular flexibility index (Phi) is 7.41. The molecular weight excluding hydrogens is 485 g/mol. The molecular formula is C27H33F3N4O3. The number of amides is 1. The number of para-hydroxylation sites is 1. The van der Waals surface area contributed by atoms with Crippen LogP contribution in [0.3, 0.4) is 0 Å². The van der Waals surface area contributed by atoms with E-state index in [2.05, 4.69) is 10.3 Å². The maximum absolute atomic E-state index is 13.7. The number of benzene rings is 1. The molecule has 0 saturated carbocycles. The topological polar surface area (TPSA) is 79.4 Å². The average Bonchev–Trinajstić information content (AvgIpc) is 3.13. The summed E-state index contributed by atoms with van der Waals surface area (Å²) in [4.78, 5) is 30.0. The van der Waals surface area contributed by atoms with E-state index in [1.54, 1.807) is 13.0 Å². The second kappa shape index (κ2) is 10.2. The third kappa shape index (κ3) is 5.12. The number of hydrogen-bond donors (Lipinski definition) is 2. The molecule has 1 saturated heterocycles. The molecule has 0 aliphatic carbocycles. The number of pyridine rings is 1. The van der Waals surface area contributed by atoms with Gasteiger partial charge in [0, 0.05) is 28.3 Å². The molecule has 0 unspecified atom stereocenters. The molecule has 3 heterocycles. The number of aryl methyl sites for hydroxylation is 1. The molecule has 1 aliphatic rings. The molecule has 0 bridgehead atoms. The first-order chi connectivity index (χ1) is 17.4. The number of H-pyrrole nitrogens is 1. The Bertz CT molecular complexity index is 1360. The van der Waals surface area contributed by atoms with Crippen molar-refractivity contribution in [3.8, 4) is 5.75 Å². The van der Waals surface area contributed by atoms with E-state index in [-0.39, 0.29) is 36.4 Å². The lowest BCUT2D eigenvalue weighted by atomic mass is 9.85. The van der Waals surface area contributed by atoms with Crippen molar-refractivity contribution in [2.45, 2.75) is 58.4 Å². The van der Waals surface area contributed by atoms with Gasteiger partial charge >= 0.3 is 6.18 Å². The van der Waals surface area contributed by atoms with Gasteiger partial charge in [-0.25, -0.2) is 0 Å². The Morgan fingerprint density at radius 2 is 1.97 bits per heavy atom. The number of nitrogens with one attached hydrogen (secondary N) is 2. The van der Waals surface area contributed by atoms with Crippen molar-refractivity contribution in [3.63, 3.8) is 0 Å². The van der Waals surface area contributed by atoms with Gasteiger partial charge in [-0.3, -0.25) is 14.5 Å². The van der Waals surface area contributed by atoms with E-state index in [0.29, 0.717) is 41.2 Å². The zero-order valence-corrected chi connectivity index (χ0v) is 21.7. The third-order valence-corrected chi connectivity index (χ3v) is 7.64. The number of carbonyl (C=O) groups is 1. The molecule has 7 nitrogen and oxygen atoms in total. The molecule has 4 rings (SSSR count). The van der Waals surface area contributed by atoms with E-state index >= 15 is 0 Å². The quantitative estimate of drug-likeness (QED) is 0.495. The number of alkyl halides is 3. The molecule has 2 N–H and O–H groups in total. The molecule has 1 amide bonds. The largest absolute Gasteiger partial charge is 0.496 e. The molecule has 200 valence electrons. The Hall–Kier alpha value is -3.27. The molecule has 10 heteroatoms. The van der Waals surface area contributed by atoms with Gasteiger partial charge in [0.15, 0.2) is 0 Å². The maximum atomic E-state index is 13.7. The number of rotatable bonds is 6. The van der Waals surface area contributed by atoms with Crippen molar-refractivity contribution in [2.75, 3.05) is 20.7 Å². The second-order valence-electron chi connectivity index (χ2n) is 9.92. The zero-order valence-electron chi connectivity index (χ0n) is 21.7. The summed E-state index contributed by atoms with van der Waals surface area (Å²) in [7, 11) is 2.98. The van der Waals surface area contributed by atoms with Crippen LogP contribution >= 0.6 is 0 Å². The number of carbonyl (C=O) groups excluding carboxylic acids is 1. The minimum atomic E-state index is -4.29. The summed E-state index contributed by atoms with van der Waals surface area (Å²) in [6, 6.07) is 7.38. The number of likely N-dealkylation sites (tertiary alicyclic amines) is 1. The highest BCUT2D eigenvalue weighted by Gasteiger charge is 2.46. The number of halogens is 3. The van der Waals surface area contributed by atoms with Crippen LogP contribution in [0, 0.1) is 19.8 Å². The van der Waals surface area contributed by atoms with E-state index in [1.807, 2.05) is 42.7 Å². The van der Waals surface area contributed by atoms with Crippen molar-refractivity contribution < 1.29 is 22.7 Å². The molecule has 1 fully saturated rings. The van der Waals surface area contributed by atoms with Gasteiger partial charge < -0.3 is 19.6 Å². The van der Waals surface area contributed by atoms with Gasteiger partial charge in [-0.1, -0.05) is 18.2 Å². The minimum absolute atomic E-state index is 0.00460. The van der Waals surface area contributed by atoms with Gasteiger partial charge in [0.25, 0.3) is 11.5 Å². The summed E-state index contributed by atoms with van der Waals surface area (Å²) in [6.45, 7) is 5.82. The number of aromatic amines is 1. The number of piperidine rings is 1. The highest BCUT2D eigenvalue weighted by Crippen LogP contribution is 2.40. The molecule has 0 spiro atoms. The maximum Gasteiger partial charge on any atom is 0.404 e. The van der Waals surface area contributed by atoms with E-state index in [1.165, 1.54) is 19.1 Å². The number of nitrogens with zero attached hydrogens (tertiary/aromatic N) is 2. The predicted molar refractivity (Wildman–Crippen MR) is 136 cm³/mol. The lowest BCUT2D eigenvalue weighted by Crippen LogP contribution is -2.49. The number of fused-ring (bicyclic) bond motifs is 1. The van der Waals surface area contributed by atoms with Crippen LogP contribution in [0.1, 0.15) is 53.1 Å². The van der Waals surface area contributed by atoms with Gasteiger partial charge in [-0.2, -0.15) is 13.2 Å². The van der Waals surface area contributed by atoms with Crippen LogP contribution in [0.15, 0.2) is 35.1 Å². The van der Waals surface area contributed by atoms with Crippen molar-refractivity contribution in [1.82, 2.24) is 19.8 Å². The van der Waals surface area contributed by atoms with Crippen LogP contribution in [0.2, 0.25) is 0 Å². The Morgan fingerprint density at radius 1 is 1.27 bits per heavy atom. The van der Waals surface area contributed by atoms with Crippen LogP contribution in [0.25, 0.3) is 10.9 Å². The first-order valence-corrected chi connectivity index (χ1v) is 12.4. The van der Waals surface area contributed by atoms with E-state index in [0.717, 1.165) is 10.9 Å². The summed E-state index contributed by atoms with van der Waals surface area (Å²) in [5, 5.41) is 3.56. The first kappa shape index (κ1) is 26.8. The zero-order chi connectivity index (χ0) is 27.1. The molecule has 0 radical (unpaired) electrons. The summed E-state index contributed by atoms with van der Waals surface area (Å²) >= 11 is 0. The fourth-order valence-electron chi connectivity index (χ4n) is 5.64. The van der Waals surface area contributed by atoms with Gasteiger partial charge in [-0.15, -0.1) is 0 Å². The van der Waals surface area contributed by atoms with Crippen LogP contribution in [-0.2, 0) is 6.54 Å².